The molecule has 0 aromatic rings. The van der Waals surface area contributed by atoms with Crippen molar-refractivity contribution in [3.05, 3.63) is 20.3 Å². The zero-order valence-electron chi connectivity index (χ0n) is 6.96. The first-order valence-electron chi connectivity index (χ1n) is 3.39. The standard InChI is InChI=1S/C7H7BrClNO2S2/c1-13-6(9)2-4(5(11)3-8)7(13)14(10)12/h2H,1,3,10H2. The molecule has 0 aliphatic carbocycles. The van der Waals surface area contributed by atoms with Crippen molar-refractivity contribution in [3.63, 3.8) is 0 Å². The van der Waals surface area contributed by atoms with Crippen LogP contribution in [-0.2, 0) is 15.8 Å². The molecule has 1 heterocycles. The van der Waals surface area contributed by atoms with Gasteiger partial charge < -0.3 is 0 Å². The number of halogens is 2. The third-order valence-corrected chi connectivity index (χ3v) is 5.66. The molecular formula is C7H7BrClNO2S2. The molecule has 1 aliphatic rings. The van der Waals surface area contributed by atoms with Crippen LogP contribution in [0.1, 0.15) is 0 Å². The van der Waals surface area contributed by atoms with Crippen LogP contribution in [0.25, 0.3) is 0 Å². The van der Waals surface area contributed by atoms with E-state index in [0.29, 0.717) is 14.2 Å². The van der Waals surface area contributed by atoms with Crippen molar-refractivity contribution in [1.29, 1.82) is 0 Å². The van der Waals surface area contributed by atoms with E-state index in [9.17, 15) is 9.00 Å². The summed E-state index contributed by atoms with van der Waals surface area (Å²) in [6.45, 7) is 0. The van der Waals surface area contributed by atoms with Crippen LogP contribution in [-0.4, -0.2) is 21.2 Å². The zero-order chi connectivity index (χ0) is 10.9. The van der Waals surface area contributed by atoms with E-state index in [1.807, 2.05) is 0 Å². The average molecular weight is 317 g/mol. The van der Waals surface area contributed by atoms with Gasteiger partial charge in [0, 0.05) is 5.57 Å². The number of ketones is 1. The van der Waals surface area contributed by atoms with Crippen LogP contribution < -0.4 is 5.14 Å². The molecule has 0 amide bonds. The maximum absolute atomic E-state index is 11.4. The van der Waals surface area contributed by atoms with E-state index in [-0.39, 0.29) is 11.1 Å². The first kappa shape index (κ1) is 12.3. The quantitative estimate of drug-likeness (QED) is 0.635. The fourth-order valence-electron chi connectivity index (χ4n) is 0.939. The Morgan fingerprint density at radius 3 is 2.79 bits per heavy atom. The maximum Gasteiger partial charge on any atom is 0.175 e. The lowest BCUT2D eigenvalue weighted by molar-refractivity contribution is -0.112. The number of alkyl halides is 1. The Bertz CT molecular complexity index is 402. The first-order valence-corrected chi connectivity index (χ1v) is 7.50. The number of carbonyl (C=O) groups is 1. The summed E-state index contributed by atoms with van der Waals surface area (Å²) in [7, 11) is -2.44. The molecule has 1 rings (SSSR count). The number of allylic oxidation sites excluding steroid dienone is 2. The lowest BCUT2D eigenvalue weighted by atomic mass is 10.2. The van der Waals surface area contributed by atoms with Crippen molar-refractivity contribution in [2.45, 2.75) is 0 Å². The van der Waals surface area contributed by atoms with E-state index in [2.05, 4.69) is 21.8 Å². The predicted molar refractivity (Wildman–Crippen MR) is 66.8 cm³/mol. The molecule has 0 radical (unpaired) electrons. The van der Waals surface area contributed by atoms with Gasteiger partial charge in [-0.25, -0.2) is 9.35 Å². The maximum atomic E-state index is 11.4. The molecule has 2 atom stereocenters. The van der Waals surface area contributed by atoms with Crippen LogP contribution >= 0.6 is 38.0 Å². The molecule has 0 fully saturated rings. The Hall–Kier alpha value is 0.250. The number of nitrogens with two attached hydrogens (primary N) is 1. The minimum absolute atomic E-state index is 0.154. The van der Waals surface area contributed by atoms with E-state index < -0.39 is 21.5 Å². The van der Waals surface area contributed by atoms with Crippen LogP contribution in [0, 0.1) is 0 Å². The highest BCUT2D eigenvalue weighted by Crippen LogP contribution is 2.44. The van der Waals surface area contributed by atoms with E-state index in [1.54, 1.807) is 0 Å². The second kappa shape index (κ2) is 4.85. The van der Waals surface area contributed by atoms with E-state index in [1.165, 1.54) is 6.08 Å². The molecule has 14 heavy (non-hydrogen) atoms. The Morgan fingerprint density at radius 2 is 2.36 bits per heavy atom. The van der Waals surface area contributed by atoms with Crippen molar-refractivity contribution < 1.29 is 9.00 Å². The lowest BCUT2D eigenvalue weighted by Crippen LogP contribution is -2.09. The minimum Gasteiger partial charge on any atom is -0.293 e. The molecule has 0 saturated heterocycles. The molecule has 2 unspecified atom stereocenters. The predicted octanol–water partition coefficient (Wildman–Crippen LogP) is 1.58. The Morgan fingerprint density at radius 1 is 1.79 bits per heavy atom. The average Bonchev–Trinajstić information content (AvgIpc) is 2.42. The van der Waals surface area contributed by atoms with Gasteiger partial charge in [-0.05, 0) is 6.08 Å². The summed E-state index contributed by atoms with van der Waals surface area (Å²) in [6, 6.07) is 0. The molecule has 7 heteroatoms. The van der Waals surface area contributed by atoms with Crippen LogP contribution in [0.5, 0.6) is 0 Å². The summed E-state index contributed by atoms with van der Waals surface area (Å²) >= 11 is 8.84. The Kier molecular flexibility index (Phi) is 4.27. The number of carbonyl (C=O) groups excluding carboxylic acids is 1. The lowest BCUT2D eigenvalue weighted by Gasteiger charge is -2.03. The second-order valence-electron chi connectivity index (χ2n) is 2.39. The molecule has 1 aliphatic heterocycles. The Balaban J connectivity index is 3.25. The summed E-state index contributed by atoms with van der Waals surface area (Å²) in [5.74, 6) is 3.53. The van der Waals surface area contributed by atoms with Crippen molar-refractivity contribution in [2.24, 2.45) is 5.14 Å². The smallest absolute Gasteiger partial charge is 0.175 e. The van der Waals surface area contributed by atoms with E-state index in [0.717, 1.165) is 0 Å². The highest BCUT2D eigenvalue weighted by atomic mass is 79.9. The molecule has 0 saturated carbocycles. The largest absolute Gasteiger partial charge is 0.293 e. The van der Waals surface area contributed by atoms with E-state index >= 15 is 0 Å². The van der Waals surface area contributed by atoms with Crippen molar-refractivity contribution in [3.8, 4) is 0 Å². The number of hydrogen-bond acceptors (Lipinski definition) is 2. The summed E-state index contributed by atoms with van der Waals surface area (Å²) in [6.07, 6.45) is 1.49. The van der Waals surface area contributed by atoms with Gasteiger partial charge in [-0.1, -0.05) is 33.4 Å². The number of Topliss-reactive ketones (excluding diaryl/α,β-unsaturated/α-hetero) is 1. The summed E-state index contributed by atoms with van der Waals surface area (Å²) in [5, 5.41) is 5.41. The van der Waals surface area contributed by atoms with E-state index in [4.69, 9.17) is 16.7 Å². The van der Waals surface area contributed by atoms with Gasteiger partial charge in [0.25, 0.3) is 0 Å². The van der Waals surface area contributed by atoms with Crippen molar-refractivity contribution in [2.75, 3.05) is 5.33 Å². The van der Waals surface area contributed by atoms with Crippen LogP contribution in [0.3, 0.4) is 0 Å². The highest BCUT2D eigenvalue weighted by molar-refractivity contribution is 9.09. The van der Waals surface area contributed by atoms with Crippen molar-refractivity contribution in [1.82, 2.24) is 0 Å². The van der Waals surface area contributed by atoms with Gasteiger partial charge in [-0.3, -0.25) is 4.79 Å². The third kappa shape index (κ3) is 2.25. The van der Waals surface area contributed by atoms with Gasteiger partial charge in [-0.2, -0.15) is 0 Å². The minimum atomic E-state index is -1.69. The Labute approximate surface area is 100 Å². The van der Waals surface area contributed by atoms with Gasteiger partial charge in [0.1, 0.15) is 11.0 Å². The number of rotatable bonds is 3. The molecule has 2 N–H and O–H groups in total. The van der Waals surface area contributed by atoms with Gasteiger partial charge >= 0.3 is 0 Å². The van der Waals surface area contributed by atoms with Crippen LogP contribution in [0.15, 0.2) is 20.3 Å². The molecule has 0 spiro atoms. The first-order chi connectivity index (χ1) is 6.49. The summed E-state index contributed by atoms with van der Waals surface area (Å²) < 4.78 is 11.9. The second-order valence-corrected chi connectivity index (χ2v) is 6.48. The van der Waals surface area contributed by atoms with Crippen LogP contribution in [0.4, 0.5) is 0 Å². The summed E-state index contributed by atoms with van der Waals surface area (Å²) in [4.78, 5) is 11.4. The molecular weight excluding hydrogens is 310 g/mol. The molecule has 78 valence electrons. The number of hydrogen-bond donors (Lipinski definition) is 1. The molecule has 0 aromatic carbocycles. The molecule has 0 aromatic heterocycles. The third-order valence-electron chi connectivity index (χ3n) is 1.54. The molecule has 3 nitrogen and oxygen atoms in total. The molecule has 0 bridgehead atoms. The van der Waals surface area contributed by atoms with Crippen LogP contribution in [0.2, 0.25) is 0 Å². The monoisotopic (exact) mass is 315 g/mol. The SMILES string of the molecule is C=S1C(Cl)=CC(C(=O)CBr)=C1S(N)=O. The van der Waals surface area contributed by atoms with Gasteiger partial charge in [0.15, 0.2) is 5.78 Å². The fraction of sp³-hybridized carbons (Fsp3) is 0.143. The van der Waals surface area contributed by atoms with Crippen molar-refractivity contribution >= 4 is 60.7 Å². The zero-order valence-corrected chi connectivity index (χ0v) is 10.9. The van der Waals surface area contributed by atoms with Gasteiger partial charge in [0.2, 0.25) is 0 Å². The van der Waals surface area contributed by atoms with Gasteiger partial charge in [-0.15, -0.1) is 10.5 Å². The highest BCUT2D eigenvalue weighted by Gasteiger charge is 2.25. The topological polar surface area (TPSA) is 60.2 Å². The fourth-order valence-corrected chi connectivity index (χ4v) is 4.05. The summed E-state index contributed by atoms with van der Waals surface area (Å²) in [5.41, 5.74) is 0.325. The van der Waals surface area contributed by atoms with Gasteiger partial charge in [0.05, 0.1) is 13.9 Å². The normalized spacial score (nSPS) is 23.6.